The van der Waals surface area contributed by atoms with Crippen molar-refractivity contribution in [3.8, 4) is 0 Å². The molecule has 0 amide bonds. The summed E-state index contributed by atoms with van der Waals surface area (Å²) < 4.78 is 0. The minimum absolute atomic E-state index is 0.639. The Morgan fingerprint density at radius 1 is 0.955 bits per heavy atom. The van der Waals surface area contributed by atoms with Gasteiger partial charge in [0.05, 0.1) is 0 Å². The zero-order valence-corrected chi connectivity index (χ0v) is 13.4. The second-order valence-corrected chi connectivity index (χ2v) is 7.30. The summed E-state index contributed by atoms with van der Waals surface area (Å²) in [4.78, 5) is 2.77. The fourth-order valence-electron chi connectivity index (χ4n) is 4.74. The summed E-state index contributed by atoms with van der Waals surface area (Å²) in [5, 5.41) is 0. The van der Waals surface area contributed by atoms with Gasteiger partial charge in [0.2, 0.25) is 0 Å². The number of likely N-dealkylation sites (tertiary alicyclic amines) is 1. The largest absolute Gasteiger partial charge is 0.297 e. The summed E-state index contributed by atoms with van der Waals surface area (Å²) in [6, 6.07) is 11.4. The van der Waals surface area contributed by atoms with Gasteiger partial charge in [0, 0.05) is 6.04 Å². The highest BCUT2D eigenvalue weighted by Gasteiger charge is 2.41. The van der Waals surface area contributed by atoms with E-state index >= 15 is 0 Å². The summed E-state index contributed by atoms with van der Waals surface area (Å²) in [6.45, 7) is 2.59. The molecule has 4 rings (SSSR count). The van der Waals surface area contributed by atoms with Crippen LogP contribution < -0.4 is 0 Å². The number of hydrogen-bond donors (Lipinski definition) is 0. The van der Waals surface area contributed by atoms with Crippen LogP contribution in [-0.4, -0.2) is 24.0 Å². The van der Waals surface area contributed by atoms with Crippen LogP contribution in [0.25, 0.3) is 6.08 Å². The van der Waals surface area contributed by atoms with Crippen molar-refractivity contribution in [3.63, 3.8) is 0 Å². The molecule has 0 N–H and O–H groups in total. The lowest BCUT2D eigenvalue weighted by molar-refractivity contribution is 0.135. The van der Waals surface area contributed by atoms with Crippen LogP contribution in [0.2, 0.25) is 0 Å². The van der Waals surface area contributed by atoms with Crippen molar-refractivity contribution in [1.82, 2.24) is 4.90 Å². The maximum absolute atomic E-state index is 2.77. The fourth-order valence-corrected chi connectivity index (χ4v) is 4.74. The lowest BCUT2D eigenvalue weighted by Gasteiger charge is -2.38. The Morgan fingerprint density at radius 2 is 1.77 bits per heavy atom. The minimum atomic E-state index is 0.639. The van der Waals surface area contributed by atoms with E-state index in [0.717, 1.165) is 17.8 Å². The first-order valence-electron chi connectivity index (χ1n) is 9.06. The van der Waals surface area contributed by atoms with E-state index in [2.05, 4.69) is 59.5 Å². The number of rotatable bonds is 4. The van der Waals surface area contributed by atoms with E-state index in [9.17, 15) is 0 Å². The highest BCUT2D eigenvalue weighted by molar-refractivity contribution is 5.49. The normalized spacial score (nSPS) is 32.8. The molecule has 1 nitrogen and oxygen atoms in total. The Hall–Kier alpha value is -1.34. The Labute approximate surface area is 134 Å². The standard InChI is InChI=1S/C21H27N/c1-3-7-17(8-4-1)10-12-21(22-13-5-2-6-14-22)20-16-18-9-11-19(20)15-18/h1,3-4,7-12,18-21H,2,5-6,13-16H2/b12-10+. The van der Waals surface area contributed by atoms with Gasteiger partial charge in [-0.05, 0) is 62.1 Å². The van der Waals surface area contributed by atoms with E-state index in [1.54, 1.807) is 0 Å². The van der Waals surface area contributed by atoms with Gasteiger partial charge in [0.15, 0.2) is 0 Å². The molecule has 1 heterocycles. The van der Waals surface area contributed by atoms with Crippen LogP contribution in [0, 0.1) is 17.8 Å². The van der Waals surface area contributed by atoms with Crippen LogP contribution in [0.3, 0.4) is 0 Å². The maximum atomic E-state index is 2.77. The molecule has 1 aromatic carbocycles. The van der Waals surface area contributed by atoms with E-state index in [1.807, 2.05) is 0 Å². The maximum Gasteiger partial charge on any atom is 0.0315 e. The molecule has 22 heavy (non-hydrogen) atoms. The summed E-state index contributed by atoms with van der Waals surface area (Å²) in [7, 11) is 0. The highest BCUT2D eigenvalue weighted by Crippen LogP contribution is 2.46. The Morgan fingerprint density at radius 3 is 2.45 bits per heavy atom. The van der Waals surface area contributed by atoms with Crippen molar-refractivity contribution in [1.29, 1.82) is 0 Å². The third kappa shape index (κ3) is 2.92. The first-order chi connectivity index (χ1) is 10.9. The van der Waals surface area contributed by atoms with Crippen LogP contribution in [0.1, 0.15) is 37.7 Å². The van der Waals surface area contributed by atoms with Gasteiger partial charge < -0.3 is 0 Å². The summed E-state index contributed by atoms with van der Waals surface area (Å²) in [5.41, 5.74) is 1.34. The quantitative estimate of drug-likeness (QED) is 0.723. The van der Waals surface area contributed by atoms with E-state index < -0.39 is 0 Å². The monoisotopic (exact) mass is 293 g/mol. The Balaban J connectivity index is 1.55. The van der Waals surface area contributed by atoms with Gasteiger partial charge >= 0.3 is 0 Å². The van der Waals surface area contributed by atoms with Crippen molar-refractivity contribution in [2.75, 3.05) is 13.1 Å². The third-order valence-corrected chi connectivity index (χ3v) is 5.87. The van der Waals surface area contributed by atoms with Gasteiger partial charge in [0.25, 0.3) is 0 Å². The van der Waals surface area contributed by atoms with Crippen molar-refractivity contribution < 1.29 is 0 Å². The summed E-state index contributed by atoms with van der Waals surface area (Å²) >= 11 is 0. The number of benzene rings is 1. The zero-order chi connectivity index (χ0) is 14.8. The van der Waals surface area contributed by atoms with Crippen LogP contribution >= 0.6 is 0 Å². The highest BCUT2D eigenvalue weighted by atomic mass is 15.2. The predicted molar refractivity (Wildman–Crippen MR) is 93.5 cm³/mol. The van der Waals surface area contributed by atoms with Crippen molar-refractivity contribution >= 4 is 6.08 Å². The average molecular weight is 293 g/mol. The molecule has 0 radical (unpaired) electrons. The first-order valence-corrected chi connectivity index (χ1v) is 9.06. The predicted octanol–water partition coefficient (Wildman–Crippen LogP) is 4.77. The van der Waals surface area contributed by atoms with Crippen molar-refractivity contribution in [3.05, 3.63) is 54.1 Å². The number of fused-ring (bicyclic) bond motifs is 2. The molecule has 2 bridgehead atoms. The Kier molecular flexibility index (Phi) is 4.16. The molecule has 2 aliphatic carbocycles. The molecule has 1 aromatic rings. The molecule has 2 fully saturated rings. The van der Waals surface area contributed by atoms with Crippen LogP contribution in [0.15, 0.2) is 48.6 Å². The molecule has 0 aromatic heterocycles. The van der Waals surface area contributed by atoms with Gasteiger partial charge in [0.1, 0.15) is 0 Å². The summed E-state index contributed by atoms with van der Waals surface area (Å²) in [6.07, 6.45) is 16.8. The number of hydrogen-bond acceptors (Lipinski definition) is 1. The van der Waals surface area contributed by atoms with Crippen LogP contribution in [0.4, 0.5) is 0 Å². The van der Waals surface area contributed by atoms with Crippen LogP contribution in [-0.2, 0) is 0 Å². The molecule has 1 saturated carbocycles. The smallest absolute Gasteiger partial charge is 0.0315 e. The topological polar surface area (TPSA) is 3.24 Å². The fraction of sp³-hybridized carbons (Fsp3) is 0.524. The zero-order valence-electron chi connectivity index (χ0n) is 13.4. The molecule has 116 valence electrons. The van der Waals surface area contributed by atoms with Gasteiger partial charge in [-0.2, -0.15) is 0 Å². The van der Waals surface area contributed by atoms with Crippen molar-refractivity contribution in [2.45, 2.75) is 38.1 Å². The number of allylic oxidation sites excluding steroid dienone is 2. The molecule has 3 aliphatic rings. The van der Waals surface area contributed by atoms with Gasteiger partial charge in [-0.15, -0.1) is 0 Å². The summed E-state index contributed by atoms with van der Waals surface area (Å²) in [5.74, 6) is 2.54. The second-order valence-electron chi connectivity index (χ2n) is 7.30. The van der Waals surface area contributed by atoms with E-state index in [4.69, 9.17) is 0 Å². The second kappa shape index (κ2) is 6.42. The third-order valence-electron chi connectivity index (χ3n) is 5.87. The molecular formula is C21H27N. The van der Waals surface area contributed by atoms with Gasteiger partial charge in [-0.1, -0.05) is 61.1 Å². The van der Waals surface area contributed by atoms with Crippen LogP contribution in [0.5, 0.6) is 0 Å². The molecule has 1 saturated heterocycles. The molecule has 1 heteroatoms. The molecule has 4 unspecified atom stereocenters. The lowest BCUT2D eigenvalue weighted by atomic mass is 9.84. The average Bonchev–Trinajstić information content (AvgIpc) is 3.20. The van der Waals surface area contributed by atoms with Crippen molar-refractivity contribution in [2.24, 2.45) is 17.8 Å². The minimum Gasteiger partial charge on any atom is -0.297 e. The Bertz CT molecular complexity index is 538. The SMILES string of the molecule is C1=CC2CC1CC2C(/C=C/c1ccccc1)N1CCCCC1. The molecular weight excluding hydrogens is 266 g/mol. The number of nitrogens with zero attached hydrogens (tertiary/aromatic N) is 1. The van der Waals surface area contributed by atoms with E-state index in [1.165, 1.54) is 50.8 Å². The molecule has 0 spiro atoms. The molecule has 1 aliphatic heterocycles. The lowest BCUT2D eigenvalue weighted by Crippen LogP contribution is -2.43. The van der Waals surface area contributed by atoms with E-state index in [-0.39, 0.29) is 0 Å². The first kappa shape index (κ1) is 14.3. The van der Waals surface area contributed by atoms with Gasteiger partial charge in [-0.3, -0.25) is 4.90 Å². The number of piperidine rings is 1. The van der Waals surface area contributed by atoms with Gasteiger partial charge in [-0.25, -0.2) is 0 Å². The molecule has 4 atom stereocenters. The van der Waals surface area contributed by atoms with E-state index in [0.29, 0.717) is 6.04 Å².